The minimum atomic E-state index is -0.107. The summed E-state index contributed by atoms with van der Waals surface area (Å²) in [4.78, 5) is 0. The minimum Gasteiger partial charge on any atom is -0.393 e. The fourth-order valence-electron chi connectivity index (χ4n) is 13.7. The Bertz CT molecular complexity index is 1040. The third kappa shape index (κ3) is 6.37. The van der Waals surface area contributed by atoms with Crippen LogP contribution in [0.25, 0.3) is 0 Å². The molecule has 0 aromatic rings. The van der Waals surface area contributed by atoms with Crippen LogP contribution < -0.4 is 0 Å². The van der Waals surface area contributed by atoms with Crippen LogP contribution in [0.2, 0.25) is 0 Å². The quantitative estimate of drug-likeness (QED) is 0.161. The van der Waals surface area contributed by atoms with Crippen LogP contribution >= 0.6 is 0 Å². The maximum absolute atomic E-state index is 11.7. The van der Waals surface area contributed by atoms with Crippen molar-refractivity contribution in [2.75, 3.05) is 6.61 Å². The molecule has 6 rings (SSSR count). The summed E-state index contributed by atoms with van der Waals surface area (Å²) in [5.41, 5.74) is 2.19. The van der Waals surface area contributed by atoms with Crippen molar-refractivity contribution in [2.45, 2.75) is 195 Å². The fourth-order valence-corrected chi connectivity index (χ4v) is 13.7. The summed E-state index contributed by atoms with van der Waals surface area (Å²) in [5, 5.41) is 11.7. The zero-order chi connectivity index (χ0) is 32.8. The summed E-state index contributed by atoms with van der Waals surface area (Å²) in [5.74, 6) is 5.62. The van der Waals surface area contributed by atoms with Crippen LogP contribution in [0.1, 0.15) is 183 Å². The van der Waals surface area contributed by atoms with E-state index in [0.717, 1.165) is 42.6 Å². The number of rotatable bonds is 13. The van der Waals surface area contributed by atoms with Crippen molar-refractivity contribution in [2.24, 2.45) is 63.1 Å². The Labute approximate surface area is 286 Å². The molecule has 0 heterocycles. The summed E-state index contributed by atoms with van der Waals surface area (Å²) in [6, 6.07) is 0. The lowest BCUT2D eigenvalue weighted by molar-refractivity contribution is -0.145. The van der Waals surface area contributed by atoms with Gasteiger partial charge in [-0.25, -0.2) is 0 Å². The molecule has 0 radical (unpaired) electrons. The Hall–Kier alpha value is -0.340. The Balaban J connectivity index is 1.07. The highest BCUT2D eigenvalue weighted by Crippen LogP contribution is 2.83. The molecule has 1 N–H and O–H groups in total. The van der Waals surface area contributed by atoms with E-state index in [1.54, 1.807) is 0 Å². The Morgan fingerprint density at radius 1 is 0.783 bits per heavy atom. The molecule has 2 nitrogen and oxygen atoms in total. The SMILES string of the molecule is CCCC/C=C/CCCO[C@@]1(CC)CC[C@@]2(C)[C@@H](CCC3C4C[C@@H]5CC[C@H]([C@H](C)[C@H](O)CC6CCC(C)(C)CC6)[C@@]5(C)CC[C@]342)C1. The second-order valence-corrected chi connectivity index (χ2v) is 19.7. The number of fused-ring (bicyclic) bond motifs is 3. The third-order valence-electron chi connectivity index (χ3n) is 17.2. The van der Waals surface area contributed by atoms with Crippen LogP contribution in [0, 0.1) is 63.1 Å². The number of aliphatic hydroxyl groups excluding tert-OH is 1. The summed E-state index contributed by atoms with van der Waals surface area (Å²) in [6.45, 7) is 18.4. The van der Waals surface area contributed by atoms with E-state index in [0.29, 0.717) is 33.5 Å². The van der Waals surface area contributed by atoms with Crippen LogP contribution in [-0.4, -0.2) is 23.4 Å². The van der Waals surface area contributed by atoms with Crippen molar-refractivity contribution >= 4 is 0 Å². The van der Waals surface area contributed by atoms with Gasteiger partial charge < -0.3 is 9.84 Å². The maximum Gasteiger partial charge on any atom is 0.0683 e. The zero-order valence-corrected chi connectivity index (χ0v) is 31.7. The first-order chi connectivity index (χ1) is 21.9. The number of aliphatic hydroxyl groups is 1. The molecule has 6 aliphatic rings. The van der Waals surface area contributed by atoms with Gasteiger partial charge >= 0.3 is 0 Å². The maximum atomic E-state index is 11.7. The highest BCUT2D eigenvalue weighted by Gasteiger charge is 2.77. The van der Waals surface area contributed by atoms with Crippen LogP contribution in [-0.2, 0) is 4.74 Å². The average Bonchev–Trinajstić information content (AvgIpc) is 3.61. The highest BCUT2D eigenvalue weighted by molar-refractivity contribution is 5.25. The smallest absolute Gasteiger partial charge is 0.0683 e. The van der Waals surface area contributed by atoms with Gasteiger partial charge in [0.05, 0.1) is 11.7 Å². The lowest BCUT2D eigenvalue weighted by atomic mass is 9.50. The first-order valence-electron chi connectivity index (χ1n) is 20.9. The van der Waals surface area contributed by atoms with Gasteiger partial charge in [0.2, 0.25) is 0 Å². The first kappa shape index (κ1) is 35.5. The number of allylic oxidation sites excluding steroid dienone is 2. The fraction of sp³-hybridized carbons (Fsp3) is 0.955. The molecule has 6 aliphatic carbocycles. The Morgan fingerprint density at radius 2 is 1.50 bits per heavy atom. The lowest BCUT2D eigenvalue weighted by Crippen LogP contribution is -2.51. The van der Waals surface area contributed by atoms with Crippen molar-refractivity contribution in [3.63, 3.8) is 0 Å². The van der Waals surface area contributed by atoms with E-state index in [9.17, 15) is 5.11 Å². The molecule has 0 saturated heterocycles. The van der Waals surface area contributed by atoms with Crippen molar-refractivity contribution in [1.82, 2.24) is 0 Å². The molecule has 264 valence electrons. The largest absolute Gasteiger partial charge is 0.393 e. The standard InChI is InChI=1S/C44H76O2/c1-8-10-11-12-13-14-15-28-46-43(9-2)26-25-42(7)35(31-43)17-19-37-38-30-34-16-18-36(41(34,6)24-27-44(37,38)42)32(3)39(45)29-33-20-22-40(4,5)23-21-33/h12-13,32-39,45H,8-11,14-31H2,1-7H3/b13-12+/t32-,34-,35-,36+,37?,38?,39+,41-,42-,43-,44-/m0/s1. The lowest BCUT2D eigenvalue weighted by Gasteiger charge is -2.57. The van der Waals surface area contributed by atoms with Gasteiger partial charge in [-0.05, 0) is 185 Å². The van der Waals surface area contributed by atoms with Gasteiger partial charge in [0.15, 0.2) is 0 Å². The van der Waals surface area contributed by atoms with Gasteiger partial charge in [-0.1, -0.05) is 73.5 Å². The molecular formula is C44H76O2. The van der Waals surface area contributed by atoms with Crippen LogP contribution in [0.15, 0.2) is 12.2 Å². The number of hydrogen-bond acceptors (Lipinski definition) is 2. The molecule has 11 atom stereocenters. The van der Waals surface area contributed by atoms with Gasteiger partial charge in [-0.3, -0.25) is 0 Å². The first-order valence-corrected chi connectivity index (χ1v) is 20.9. The van der Waals surface area contributed by atoms with E-state index in [1.807, 2.05) is 0 Å². The van der Waals surface area contributed by atoms with E-state index in [1.165, 1.54) is 128 Å². The monoisotopic (exact) mass is 637 g/mol. The molecule has 6 fully saturated rings. The Kier molecular flexibility index (Phi) is 10.6. The van der Waals surface area contributed by atoms with Crippen LogP contribution in [0.5, 0.6) is 0 Å². The topological polar surface area (TPSA) is 29.5 Å². The summed E-state index contributed by atoms with van der Waals surface area (Å²) in [7, 11) is 0. The Morgan fingerprint density at radius 3 is 2.22 bits per heavy atom. The van der Waals surface area contributed by atoms with Crippen molar-refractivity contribution in [1.29, 1.82) is 0 Å². The van der Waals surface area contributed by atoms with Crippen molar-refractivity contribution < 1.29 is 9.84 Å². The number of unbranched alkanes of at least 4 members (excludes halogenated alkanes) is 3. The second-order valence-electron chi connectivity index (χ2n) is 19.7. The molecule has 0 aromatic carbocycles. The summed E-state index contributed by atoms with van der Waals surface area (Å²) < 4.78 is 6.90. The number of ether oxygens (including phenoxy) is 1. The van der Waals surface area contributed by atoms with Gasteiger partial charge in [-0.15, -0.1) is 0 Å². The molecule has 46 heavy (non-hydrogen) atoms. The zero-order valence-electron chi connectivity index (χ0n) is 31.7. The molecule has 1 spiro atoms. The molecule has 0 aliphatic heterocycles. The van der Waals surface area contributed by atoms with Gasteiger partial charge in [0.1, 0.15) is 0 Å². The van der Waals surface area contributed by atoms with Crippen molar-refractivity contribution in [3.05, 3.63) is 12.2 Å². The normalized spacial score (nSPS) is 44.9. The van der Waals surface area contributed by atoms with Crippen LogP contribution in [0.3, 0.4) is 0 Å². The molecule has 2 heteroatoms. The molecule has 6 saturated carbocycles. The summed E-state index contributed by atoms with van der Waals surface area (Å²) >= 11 is 0. The molecule has 2 unspecified atom stereocenters. The molecule has 0 amide bonds. The van der Waals surface area contributed by atoms with Crippen molar-refractivity contribution in [3.8, 4) is 0 Å². The highest BCUT2D eigenvalue weighted by atomic mass is 16.5. The predicted octanol–water partition coefficient (Wildman–Crippen LogP) is 12.3. The van der Waals surface area contributed by atoms with Gasteiger partial charge in [0.25, 0.3) is 0 Å². The van der Waals surface area contributed by atoms with Gasteiger partial charge in [0, 0.05) is 6.61 Å². The predicted molar refractivity (Wildman–Crippen MR) is 195 cm³/mol. The second kappa shape index (κ2) is 13.8. The van der Waals surface area contributed by atoms with Gasteiger partial charge in [-0.2, -0.15) is 0 Å². The molecular weight excluding hydrogens is 560 g/mol. The van der Waals surface area contributed by atoms with E-state index in [-0.39, 0.29) is 11.7 Å². The van der Waals surface area contributed by atoms with E-state index < -0.39 is 0 Å². The van der Waals surface area contributed by atoms with Crippen LogP contribution in [0.4, 0.5) is 0 Å². The van der Waals surface area contributed by atoms with E-state index in [2.05, 4.69) is 60.6 Å². The summed E-state index contributed by atoms with van der Waals surface area (Å²) in [6.07, 6.45) is 32.6. The van der Waals surface area contributed by atoms with E-state index >= 15 is 0 Å². The van der Waals surface area contributed by atoms with E-state index in [4.69, 9.17) is 4.74 Å². The average molecular weight is 637 g/mol. The molecule has 0 aromatic heterocycles. The molecule has 0 bridgehead atoms. The minimum absolute atomic E-state index is 0.107. The third-order valence-corrected chi connectivity index (χ3v) is 17.2. The number of hydrogen-bond donors (Lipinski definition) is 1.